The van der Waals surface area contributed by atoms with Crippen molar-refractivity contribution in [3.63, 3.8) is 0 Å². The van der Waals surface area contributed by atoms with Crippen LogP contribution in [0.4, 0.5) is 5.69 Å². The number of aromatic nitrogens is 3. The van der Waals surface area contributed by atoms with Crippen molar-refractivity contribution in [3.8, 4) is 0 Å². The summed E-state index contributed by atoms with van der Waals surface area (Å²) in [6, 6.07) is 7.83. The molecule has 0 radical (unpaired) electrons. The fraction of sp³-hybridized carbons (Fsp3) is 0.500. The lowest BCUT2D eigenvalue weighted by Gasteiger charge is -2.24. The normalized spacial score (nSPS) is 16.0. The number of nitrogens with zero attached hydrogens (tertiary/aromatic N) is 5. The van der Waals surface area contributed by atoms with Gasteiger partial charge in [0.1, 0.15) is 6.33 Å². The van der Waals surface area contributed by atoms with Crippen LogP contribution in [-0.4, -0.2) is 51.8 Å². The van der Waals surface area contributed by atoms with Crippen molar-refractivity contribution < 1.29 is 4.79 Å². The zero-order chi connectivity index (χ0) is 18.0. The quantitative estimate of drug-likeness (QED) is 0.825. The van der Waals surface area contributed by atoms with E-state index in [0.29, 0.717) is 13.1 Å². The van der Waals surface area contributed by atoms with Crippen molar-refractivity contribution >= 4 is 23.2 Å². The van der Waals surface area contributed by atoms with Crippen LogP contribution in [0.5, 0.6) is 0 Å². The number of para-hydroxylation sites is 1. The lowest BCUT2D eigenvalue weighted by atomic mass is 10.1. The van der Waals surface area contributed by atoms with Gasteiger partial charge < -0.3 is 9.80 Å². The molecular weight excluding hydrogens is 338 g/mol. The van der Waals surface area contributed by atoms with E-state index >= 15 is 0 Å². The molecule has 0 atom stereocenters. The summed E-state index contributed by atoms with van der Waals surface area (Å²) in [5.41, 5.74) is 0.833. The van der Waals surface area contributed by atoms with Gasteiger partial charge in [-0.1, -0.05) is 23.7 Å². The van der Waals surface area contributed by atoms with Crippen molar-refractivity contribution in [2.45, 2.75) is 32.7 Å². The van der Waals surface area contributed by atoms with Gasteiger partial charge in [-0.2, -0.15) is 0 Å². The van der Waals surface area contributed by atoms with E-state index in [1.807, 2.05) is 49.9 Å². The maximum atomic E-state index is 12.7. The number of carbonyl (C=O) groups is 1. The zero-order valence-electron chi connectivity index (χ0n) is 14.9. The van der Waals surface area contributed by atoms with E-state index in [4.69, 9.17) is 11.6 Å². The molecule has 0 bridgehead atoms. The van der Waals surface area contributed by atoms with Crippen LogP contribution in [0.15, 0.2) is 30.6 Å². The van der Waals surface area contributed by atoms with Crippen LogP contribution in [0.2, 0.25) is 5.02 Å². The highest BCUT2D eigenvalue weighted by molar-refractivity contribution is 6.33. The van der Waals surface area contributed by atoms with E-state index in [2.05, 4.69) is 15.0 Å². The number of anilines is 1. The summed E-state index contributed by atoms with van der Waals surface area (Å²) in [5, 5.41) is 5.10. The van der Waals surface area contributed by atoms with Gasteiger partial charge in [0.2, 0.25) is 5.82 Å². The molecule has 0 N–H and O–H groups in total. The Morgan fingerprint density at radius 2 is 1.88 bits per heavy atom. The minimum atomic E-state index is -0.189. The third-order valence-corrected chi connectivity index (χ3v) is 4.67. The van der Waals surface area contributed by atoms with Gasteiger partial charge >= 0.3 is 0 Å². The molecule has 134 valence electrons. The molecule has 1 aromatic heterocycles. The SMILES string of the molecule is CC(C)(C)n1cnc(C(=O)N2CCCN(c3ccccc3Cl)CC2)n1. The van der Waals surface area contributed by atoms with Gasteiger partial charge in [0.15, 0.2) is 0 Å². The van der Waals surface area contributed by atoms with Crippen LogP contribution in [0, 0.1) is 0 Å². The molecule has 7 heteroatoms. The predicted molar refractivity (Wildman–Crippen MR) is 99.2 cm³/mol. The number of carbonyl (C=O) groups excluding carboxylic acids is 1. The maximum absolute atomic E-state index is 12.7. The Labute approximate surface area is 153 Å². The average Bonchev–Trinajstić information content (AvgIpc) is 2.95. The molecule has 2 aromatic rings. The topological polar surface area (TPSA) is 54.3 Å². The zero-order valence-corrected chi connectivity index (χ0v) is 15.7. The molecule has 0 spiro atoms. The number of hydrogen-bond donors (Lipinski definition) is 0. The Kier molecular flexibility index (Phi) is 4.99. The van der Waals surface area contributed by atoms with Gasteiger partial charge in [0.25, 0.3) is 5.91 Å². The molecule has 1 fully saturated rings. The Hall–Kier alpha value is -2.08. The Bertz CT molecular complexity index is 752. The molecule has 1 amide bonds. The summed E-state index contributed by atoms with van der Waals surface area (Å²) in [6.07, 6.45) is 2.51. The van der Waals surface area contributed by atoms with Gasteiger partial charge in [-0.05, 0) is 39.3 Å². The highest BCUT2D eigenvalue weighted by atomic mass is 35.5. The third kappa shape index (κ3) is 3.95. The van der Waals surface area contributed by atoms with E-state index in [1.165, 1.54) is 0 Å². The number of rotatable bonds is 2. The Morgan fingerprint density at radius 1 is 1.12 bits per heavy atom. The van der Waals surface area contributed by atoms with Gasteiger partial charge in [-0.3, -0.25) is 4.79 Å². The van der Waals surface area contributed by atoms with Gasteiger partial charge in [0, 0.05) is 26.2 Å². The second kappa shape index (κ2) is 7.04. The van der Waals surface area contributed by atoms with Crippen LogP contribution in [-0.2, 0) is 5.54 Å². The maximum Gasteiger partial charge on any atom is 0.293 e. The summed E-state index contributed by atoms with van der Waals surface area (Å²) in [4.78, 5) is 21.0. The summed E-state index contributed by atoms with van der Waals surface area (Å²) >= 11 is 6.31. The van der Waals surface area contributed by atoms with E-state index in [9.17, 15) is 4.79 Å². The number of halogens is 1. The molecule has 6 nitrogen and oxygen atoms in total. The van der Waals surface area contributed by atoms with E-state index in [0.717, 1.165) is 30.2 Å². The highest BCUT2D eigenvalue weighted by Gasteiger charge is 2.25. The third-order valence-electron chi connectivity index (χ3n) is 4.35. The molecule has 1 aliphatic rings. The first-order valence-electron chi connectivity index (χ1n) is 8.57. The molecule has 0 saturated carbocycles. The molecule has 1 saturated heterocycles. The second-order valence-corrected chi connectivity index (χ2v) is 7.67. The van der Waals surface area contributed by atoms with Crippen molar-refractivity contribution in [3.05, 3.63) is 41.4 Å². The van der Waals surface area contributed by atoms with Crippen LogP contribution >= 0.6 is 11.6 Å². The van der Waals surface area contributed by atoms with Gasteiger partial charge in [-0.15, -0.1) is 5.10 Å². The smallest absolute Gasteiger partial charge is 0.293 e. The summed E-state index contributed by atoms with van der Waals surface area (Å²) < 4.78 is 1.73. The Morgan fingerprint density at radius 3 is 2.56 bits per heavy atom. The molecule has 1 aliphatic heterocycles. The van der Waals surface area contributed by atoms with Crippen LogP contribution in [0.3, 0.4) is 0 Å². The number of benzene rings is 1. The van der Waals surface area contributed by atoms with Crippen molar-refractivity contribution in [2.75, 3.05) is 31.1 Å². The summed E-state index contributed by atoms with van der Waals surface area (Å²) in [5.74, 6) is 0.158. The largest absolute Gasteiger partial charge is 0.368 e. The second-order valence-electron chi connectivity index (χ2n) is 7.27. The number of hydrogen-bond acceptors (Lipinski definition) is 4. The standard InChI is InChI=1S/C18H24ClN5O/c1-18(2,3)24-13-20-16(21-24)17(25)23-10-6-9-22(11-12-23)15-8-5-4-7-14(15)19/h4-5,7-8,13H,6,9-12H2,1-3H3. The first-order chi connectivity index (χ1) is 11.9. The first-order valence-corrected chi connectivity index (χ1v) is 8.95. The average molecular weight is 362 g/mol. The number of amides is 1. The fourth-order valence-electron chi connectivity index (χ4n) is 2.90. The minimum Gasteiger partial charge on any atom is -0.368 e. The van der Waals surface area contributed by atoms with Crippen LogP contribution < -0.4 is 4.90 Å². The molecule has 25 heavy (non-hydrogen) atoms. The van der Waals surface area contributed by atoms with E-state index in [1.54, 1.807) is 11.0 Å². The van der Waals surface area contributed by atoms with Crippen molar-refractivity contribution in [1.29, 1.82) is 0 Å². The predicted octanol–water partition coefficient (Wildman–Crippen LogP) is 3.04. The molecular formula is C18H24ClN5O. The van der Waals surface area contributed by atoms with Gasteiger partial charge in [-0.25, -0.2) is 9.67 Å². The van der Waals surface area contributed by atoms with Gasteiger partial charge in [0.05, 0.1) is 16.2 Å². The Balaban J connectivity index is 1.70. The molecule has 2 heterocycles. The van der Waals surface area contributed by atoms with Crippen LogP contribution in [0.25, 0.3) is 0 Å². The van der Waals surface area contributed by atoms with Crippen LogP contribution in [0.1, 0.15) is 37.8 Å². The monoisotopic (exact) mass is 361 g/mol. The molecule has 0 unspecified atom stereocenters. The first kappa shape index (κ1) is 17.7. The van der Waals surface area contributed by atoms with E-state index in [-0.39, 0.29) is 17.3 Å². The van der Waals surface area contributed by atoms with Crippen molar-refractivity contribution in [2.24, 2.45) is 0 Å². The van der Waals surface area contributed by atoms with Crippen molar-refractivity contribution in [1.82, 2.24) is 19.7 Å². The summed E-state index contributed by atoms with van der Waals surface area (Å²) in [6.45, 7) is 9.04. The summed E-state index contributed by atoms with van der Waals surface area (Å²) in [7, 11) is 0. The minimum absolute atomic E-state index is 0.107. The fourth-order valence-corrected chi connectivity index (χ4v) is 3.15. The molecule has 3 rings (SSSR count). The lowest BCUT2D eigenvalue weighted by molar-refractivity contribution is 0.0754. The lowest BCUT2D eigenvalue weighted by Crippen LogP contribution is -2.36. The molecule has 1 aromatic carbocycles. The molecule has 0 aliphatic carbocycles. The van der Waals surface area contributed by atoms with E-state index < -0.39 is 0 Å². The highest BCUT2D eigenvalue weighted by Crippen LogP contribution is 2.26.